The van der Waals surface area contributed by atoms with E-state index in [0.29, 0.717) is 6.42 Å². The average Bonchev–Trinajstić information content (AvgIpc) is 2.87. The van der Waals surface area contributed by atoms with Gasteiger partial charge in [0.2, 0.25) is 23.6 Å². The standard InChI is InChI=1S/C25H30N4O7/c1-29(23(33)15-26-21(31)12-9-17-7-10-19(30)11-8-17)20(13-18-5-3-2-4-6-18)25(36)28-14-22(32)27-16-24(34)35/h2-8,10-11,20,30H,9,12-16H2,1H3,(H,26,31)(H,27,32)(H,28,36)(H,34,35)/t20-/m0/s1. The molecule has 0 aliphatic heterocycles. The van der Waals surface area contributed by atoms with Gasteiger partial charge in [-0.2, -0.15) is 0 Å². The molecule has 0 saturated carbocycles. The van der Waals surface area contributed by atoms with E-state index in [4.69, 9.17) is 5.11 Å². The summed E-state index contributed by atoms with van der Waals surface area (Å²) >= 11 is 0. The lowest BCUT2D eigenvalue weighted by atomic mass is 10.0. The number of amides is 4. The van der Waals surface area contributed by atoms with Crippen LogP contribution in [0.2, 0.25) is 0 Å². The summed E-state index contributed by atoms with van der Waals surface area (Å²) in [6.45, 7) is -1.34. The quantitative estimate of drug-likeness (QED) is 0.256. The topological polar surface area (TPSA) is 165 Å². The van der Waals surface area contributed by atoms with Gasteiger partial charge in [0.25, 0.3) is 0 Å². The highest BCUT2D eigenvalue weighted by molar-refractivity contribution is 5.92. The Morgan fingerprint density at radius 2 is 1.44 bits per heavy atom. The van der Waals surface area contributed by atoms with Crippen LogP contribution in [0, 0.1) is 0 Å². The summed E-state index contributed by atoms with van der Waals surface area (Å²) < 4.78 is 0. The maximum absolute atomic E-state index is 12.9. The molecule has 0 aliphatic carbocycles. The number of aromatic hydroxyl groups is 1. The van der Waals surface area contributed by atoms with Gasteiger partial charge in [-0.1, -0.05) is 42.5 Å². The highest BCUT2D eigenvalue weighted by atomic mass is 16.4. The predicted molar refractivity (Wildman–Crippen MR) is 130 cm³/mol. The number of likely N-dealkylation sites (N-methyl/N-ethyl adjacent to an activating group) is 1. The van der Waals surface area contributed by atoms with Crippen molar-refractivity contribution in [3.63, 3.8) is 0 Å². The summed E-state index contributed by atoms with van der Waals surface area (Å²) in [6.07, 6.45) is 0.737. The number of hydrogen-bond donors (Lipinski definition) is 5. The summed E-state index contributed by atoms with van der Waals surface area (Å²) in [5.74, 6) is -3.21. The molecule has 2 aromatic carbocycles. The van der Waals surface area contributed by atoms with Gasteiger partial charge in [-0.05, 0) is 29.7 Å². The van der Waals surface area contributed by atoms with Crippen molar-refractivity contribution >= 4 is 29.6 Å². The molecule has 1 atom stereocenters. The van der Waals surface area contributed by atoms with Crippen LogP contribution in [0.1, 0.15) is 17.5 Å². The van der Waals surface area contributed by atoms with E-state index < -0.39 is 42.8 Å². The molecule has 36 heavy (non-hydrogen) atoms. The second kappa shape index (κ2) is 14.1. The third-order valence-electron chi connectivity index (χ3n) is 5.31. The molecule has 0 fully saturated rings. The van der Waals surface area contributed by atoms with Crippen LogP contribution in [0.15, 0.2) is 54.6 Å². The summed E-state index contributed by atoms with van der Waals surface area (Å²) in [6, 6.07) is 14.5. The molecule has 0 heterocycles. The fourth-order valence-corrected chi connectivity index (χ4v) is 3.25. The molecule has 0 unspecified atom stereocenters. The highest BCUT2D eigenvalue weighted by Crippen LogP contribution is 2.11. The lowest BCUT2D eigenvalue weighted by Gasteiger charge is -2.27. The predicted octanol–water partition coefficient (Wildman–Crippen LogP) is -0.172. The molecule has 4 amide bonds. The normalized spacial score (nSPS) is 11.1. The molecular weight excluding hydrogens is 468 g/mol. The molecule has 2 aromatic rings. The number of carbonyl (C=O) groups is 5. The van der Waals surface area contributed by atoms with E-state index in [9.17, 15) is 29.1 Å². The molecule has 11 heteroatoms. The second-order valence-electron chi connectivity index (χ2n) is 8.04. The van der Waals surface area contributed by atoms with Gasteiger partial charge in [-0.3, -0.25) is 24.0 Å². The number of benzene rings is 2. The maximum Gasteiger partial charge on any atom is 0.322 e. The van der Waals surface area contributed by atoms with Gasteiger partial charge in [0.15, 0.2) is 0 Å². The molecule has 0 radical (unpaired) electrons. The number of aryl methyl sites for hydroxylation is 1. The molecule has 0 saturated heterocycles. The van der Waals surface area contributed by atoms with Gasteiger partial charge >= 0.3 is 5.97 Å². The number of rotatable bonds is 13. The van der Waals surface area contributed by atoms with Crippen molar-refractivity contribution in [3.8, 4) is 5.75 Å². The number of nitrogens with zero attached hydrogens (tertiary/aromatic N) is 1. The largest absolute Gasteiger partial charge is 0.508 e. The smallest absolute Gasteiger partial charge is 0.322 e. The van der Waals surface area contributed by atoms with Crippen molar-refractivity contribution in [2.75, 3.05) is 26.7 Å². The fraction of sp³-hybridized carbons (Fsp3) is 0.320. The zero-order chi connectivity index (χ0) is 26.5. The van der Waals surface area contributed by atoms with Crippen molar-refractivity contribution in [1.29, 1.82) is 0 Å². The van der Waals surface area contributed by atoms with E-state index in [1.807, 2.05) is 6.07 Å². The minimum absolute atomic E-state index is 0.131. The molecule has 5 N–H and O–H groups in total. The van der Waals surface area contributed by atoms with Crippen LogP contribution in [0.4, 0.5) is 0 Å². The van der Waals surface area contributed by atoms with Crippen LogP contribution in [0.5, 0.6) is 5.75 Å². The number of phenols is 1. The van der Waals surface area contributed by atoms with Crippen LogP contribution in [-0.4, -0.2) is 77.4 Å². The van der Waals surface area contributed by atoms with Gasteiger partial charge < -0.3 is 31.1 Å². The van der Waals surface area contributed by atoms with Gasteiger partial charge in [0.1, 0.15) is 18.3 Å². The zero-order valence-corrected chi connectivity index (χ0v) is 19.9. The van der Waals surface area contributed by atoms with E-state index >= 15 is 0 Å². The van der Waals surface area contributed by atoms with E-state index in [1.165, 1.54) is 24.1 Å². The summed E-state index contributed by atoms with van der Waals surface area (Å²) in [4.78, 5) is 61.4. The Labute approximate surface area is 208 Å². The van der Waals surface area contributed by atoms with E-state index in [0.717, 1.165) is 11.1 Å². The Bertz CT molecular complexity index is 1060. The van der Waals surface area contributed by atoms with Crippen LogP contribution in [0.3, 0.4) is 0 Å². The zero-order valence-electron chi connectivity index (χ0n) is 19.9. The van der Waals surface area contributed by atoms with Crippen LogP contribution in [-0.2, 0) is 36.8 Å². The summed E-state index contributed by atoms with van der Waals surface area (Å²) in [5.41, 5.74) is 1.64. The summed E-state index contributed by atoms with van der Waals surface area (Å²) in [5, 5.41) is 25.1. The number of nitrogens with one attached hydrogen (secondary N) is 3. The van der Waals surface area contributed by atoms with Gasteiger partial charge in [0.05, 0.1) is 13.1 Å². The first-order valence-electron chi connectivity index (χ1n) is 11.3. The number of carboxylic acids is 1. The number of carboxylic acid groups (broad SMARTS) is 1. The first-order chi connectivity index (χ1) is 17.2. The second-order valence-corrected chi connectivity index (χ2v) is 8.04. The minimum atomic E-state index is -1.22. The Morgan fingerprint density at radius 1 is 0.806 bits per heavy atom. The van der Waals surface area contributed by atoms with Crippen molar-refractivity contribution in [2.45, 2.75) is 25.3 Å². The SMILES string of the molecule is CN(C(=O)CNC(=O)CCc1ccc(O)cc1)[C@@H](Cc1ccccc1)C(=O)NCC(=O)NCC(=O)O. The van der Waals surface area contributed by atoms with E-state index in [2.05, 4.69) is 16.0 Å². The molecule has 0 aromatic heterocycles. The van der Waals surface area contributed by atoms with Crippen molar-refractivity contribution in [1.82, 2.24) is 20.9 Å². The number of hydrogen-bond acceptors (Lipinski definition) is 6. The molecule has 0 bridgehead atoms. The monoisotopic (exact) mass is 498 g/mol. The first-order valence-corrected chi connectivity index (χ1v) is 11.3. The van der Waals surface area contributed by atoms with Gasteiger partial charge in [-0.25, -0.2) is 0 Å². The van der Waals surface area contributed by atoms with Crippen molar-refractivity contribution < 1.29 is 34.2 Å². The lowest BCUT2D eigenvalue weighted by Crippen LogP contribution is -2.52. The molecule has 2 rings (SSSR count). The Morgan fingerprint density at radius 3 is 2.08 bits per heavy atom. The number of phenolic OH excluding ortho intramolecular Hbond substituents is 1. The minimum Gasteiger partial charge on any atom is -0.508 e. The van der Waals surface area contributed by atoms with Crippen molar-refractivity contribution in [3.05, 3.63) is 65.7 Å². The lowest BCUT2D eigenvalue weighted by molar-refractivity contribution is -0.140. The average molecular weight is 499 g/mol. The Balaban J connectivity index is 1.93. The molecule has 0 spiro atoms. The molecule has 0 aliphatic rings. The molecule has 11 nitrogen and oxygen atoms in total. The Kier molecular flexibility index (Phi) is 10.9. The fourth-order valence-electron chi connectivity index (χ4n) is 3.25. The van der Waals surface area contributed by atoms with Gasteiger partial charge in [0, 0.05) is 19.9 Å². The van der Waals surface area contributed by atoms with E-state index in [-0.39, 0.29) is 31.0 Å². The number of carbonyl (C=O) groups excluding carboxylic acids is 4. The molecule has 192 valence electrons. The van der Waals surface area contributed by atoms with Crippen molar-refractivity contribution in [2.24, 2.45) is 0 Å². The number of aliphatic carboxylic acids is 1. The first kappa shape index (κ1) is 27.8. The Hall–Kier alpha value is -4.41. The third kappa shape index (κ3) is 9.84. The van der Waals surface area contributed by atoms with E-state index in [1.54, 1.807) is 36.4 Å². The molecular formula is C25H30N4O7. The maximum atomic E-state index is 12.9. The van der Waals surface area contributed by atoms with Gasteiger partial charge in [-0.15, -0.1) is 0 Å². The van der Waals surface area contributed by atoms with Crippen LogP contribution in [0.25, 0.3) is 0 Å². The highest BCUT2D eigenvalue weighted by Gasteiger charge is 2.27. The third-order valence-corrected chi connectivity index (χ3v) is 5.31. The van der Waals surface area contributed by atoms with Crippen LogP contribution >= 0.6 is 0 Å². The van der Waals surface area contributed by atoms with Crippen LogP contribution < -0.4 is 16.0 Å². The summed E-state index contributed by atoms with van der Waals surface area (Å²) in [7, 11) is 1.43.